The van der Waals surface area contributed by atoms with E-state index < -0.39 is 0 Å². The van der Waals surface area contributed by atoms with E-state index in [0.717, 1.165) is 39.2 Å². The molecule has 0 spiro atoms. The first kappa shape index (κ1) is 18.3. The van der Waals surface area contributed by atoms with Crippen molar-refractivity contribution in [2.24, 2.45) is 0 Å². The molecule has 2 N–H and O–H groups in total. The van der Waals surface area contributed by atoms with Gasteiger partial charge in [-0.3, -0.25) is 4.98 Å². The predicted molar refractivity (Wildman–Crippen MR) is 111 cm³/mol. The Balaban J connectivity index is 2.00. The third kappa shape index (κ3) is 4.38. The number of benzene rings is 1. The third-order valence-corrected chi connectivity index (χ3v) is 5.08. The summed E-state index contributed by atoms with van der Waals surface area (Å²) in [7, 11) is 0. The smallest absolute Gasteiger partial charge is 0.225 e. The maximum absolute atomic E-state index is 4.67. The Bertz CT molecular complexity index is 883. The molecule has 0 saturated heterocycles. The highest BCUT2D eigenvalue weighted by Crippen LogP contribution is 2.28. The molecule has 0 saturated carbocycles. The van der Waals surface area contributed by atoms with Gasteiger partial charge in [0.2, 0.25) is 5.95 Å². The fourth-order valence-electron chi connectivity index (χ4n) is 2.45. The molecule has 1 aromatic carbocycles. The summed E-state index contributed by atoms with van der Waals surface area (Å²) in [6.45, 7) is 6.32. The Morgan fingerprint density at radius 2 is 1.88 bits per heavy atom. The van der Waals surface area contributed by atoms with Gasteiger partial charge in [0.25, 0.3) is 0 Å². The van der Waals surface area contributed by atoms with Crippen LogP contribution in [0.1, 0.15) is 25.8 Å². The van der Waals surface area contributed by atoms with Gasteiger partial charge in [-0.05, 0) is 50.1 Å². The lowest BCUT2D eigenvalue weighted by Gasteiger charge is -2.15. The molecule has 0 amide bonds. The molecule has 0 fully saturated rings. The molecule has 2 heterocycles. The second-order valence-electron chi connectivity index (χ2n) is 6.19. The first-order chi connectivity index (χ1) is 12.6. The molecule has 0 aliphatic rings. The van der Waals surface area contributed by atoms with Crippen LogP contribution in [0.15, 0.2) is 53.3 Å². The van der Waals surface area contributed by atoms with Crippen LogP contribution < -0.4 is 10.6 Å². The molecule has 3 rings (SSSR count). The molecule has 3 aromatic rings. The van der Waals surface area contributed by atoms with E-state index in [2.05, 4.69) is 62.3 Å². The molecule has 134 valence electrons. The molecule has 0 aliphatic carbocycles. The van der Waals surface area contributed by atoms with Crippen molar-refractivity contribution < 1.29 is 0 Å². The average Bonchev–Trinajstić information content (AvgIpc) is 2.66. The molecule has 26 heavy (non-hydrogen) atoms. The van der Waals surface area contributed by atoms with Crippen LogP contribution in [0.4, 0.5) is 17.5 Å². The number of nitrogens with zero attached hydrogens (tertiary/aromatic N) is 3. The highest BCUT2D eigenvalue weighted by molar-refractivity contribution is 9.10. The van der Waals surface area contributed by atoms with E-state index in [1.807, 2.05) is 36.4 Å². The fraction of sp³-hybridized carbons (Fsp3) is 0.250. The van der Waals surface area contributed by atoms with Gasteiger partial charge >= 0.3 is 0 Å². The van der Waals surface area contributed by atoms with E-state index in [4.69, 9.17) is 0 Å². The van der Waals surface area contributed by atoms with Gasteiger partial charge in [-0.2, -0.15) is 4.98 Å². The van der Waals surface area contributed by atoms with Gasteiger partial charge in [0.1, 0.15) is 5.82 Å². The van der Waals surface area contributed by atoms with Crippen molar-refractivity contribution >= 4 is 33.4 Å². The normalized spacial score (nSPS) is 11.8. The van der Waals surface area contributed by atoms with Crippen molar-refractivity contribution in [1.29, 1.82) is 0 Å². The van der Waals surface area contributed by atoms with Crippen LogP contribution in [0, 0.1) is 6.92 Å². The van der Waals surface area contributed by atoms with Crippen molar-refractivity contribution in [2.45, 2.75) is 33.2 Å². The second-order valence-corrected chi connectivity index (χ2v) is 7.04. The minimum atomic E-state index is 0.295. The molecule has 6 heteroatoms. The van der Waals surface area contributed by atoms with Gasteiger partial charge in [-0.1, -0.05) is 28.9 Å². The van der Waals surface area contributed by atoms with Crippen molar-refractivity contribution in [3.8, 4) is 11.3 Å². The first-order valence-electron chi connectivity index (χ1n) is 8.65. The maximum Gasteiger partial charge on any atom is 0.225 e. The third-order valence-electron chi connectivity index (χ3n) is 4.22. The van der Waals surface area contributed by atoms with Crippen LogP contribution in [0.25, 0.3) is 11.3 Å². The maximum atomic E-state index is 4.67. The predicted octanol–water partition coefficient (Wildman–Crippen LogP) is 5.56. The Labute approximate surface area is 162 Å². The first-order valence-corrected chi connectivity index (χ1v) is 9.44. The van der Waals surface area contributed by atoms with E-state index in [9.17, 15) is 0 Å². The molecular weight excluding hydrogens is 390 g/mol. The largest absolute Gasteiger partial charge is 0.352 e. The van der Waals surface area contributed by atoms with Crippen molar-refractivity contribution in [3.63, 3.8) is 0 Å². The number of pyridine rings is 1. The molecule has 0 radical (unpaired) electrons. The number of hydrogen-bond donors (Lipinski definition) is 2. The van der Waals surface area contributed by atoms with Crippen LogP contribution in [0.3, 0.4) is 0 Å². The Morgan fingerprint density at radius 1 is 1.12 bits per heavy atom. The van der Waals surface area contributed by atoms with Crippen molar-refractivity contribution in [1.82, 2.24) is 15.0 Å². The van der Waals surface area contributed by atoms with Crippen LogP contribution >= 0.6 is 15.9 Å². The summed E-state index contributed by atoms with van der Waals surface area (Å²) in [4.78, 5) is 13.4. The summed E-state index contributed by atoms with van der Waals surface area (Å²) in [6.07, 6.45) is 4.53. The fourth-order valence-corrected chi connectivity index (χ4v) is 2.82. The van der Waals surface area contributed by atoms with Crippen LogP contribution in [0.2, 0.25) is 0 Å². The standard InChI is InChI=1S/C20H22BrN5/c1-4-13(2)23-20-25-18(15-8-10-22-11-9-15)12-19(26-20)24-17-7-5-6-16(21)14(17)3/h5-13H,4H2,1-3H3,(H2,23,24,25,26)/t13-/m1/s1. The number of rotatable bonds is 6. The summed E-state index contributed by atoms with van der Waals surface area (Å²) in [5, 5.41) is 6.78. The number of aromatic nitrogens is 3. The summed E-state index contributed by atoms with van der Waals surface area (Å²) in [5.74, 6) is 1.36. The van der Waals surface area contributed by atoms with E-state index in [1.165, 1.54) is 0 Å². The molecule has 0 aliphatic heterocycles. The minimum Gasteiger partial charge on any atom is -0.352 e. The zero-order chi connectivity index (χ0) is 18.5. The molecule has 5 nitrogen and oxygen atoms in total. The SMILES string of the molecule is CC[C@@H](C)Nc1nc(Nc2cccc(Br)c2C)cc(-c2ccncc2)n1. The average molecular weight is 412 g/mol. The number of anilines is 3. The zero-order valence-corrected chi connectivity index (χ0v) is 16.7. The van der Waals surface area contributed by atoms with Gasteiger partial charge in [-0.15, -0.1) is 0 Å². The van der Waals surface area contributed by atoms with E-state index in [1.54, 1.807) is 12.4 Å². The Hall–Kier alpha value is -2.47. The molecule has 1 atom stereocenters. The molecular formula is C20H22BrN5. The van der Waals surface area contributed by atoms with E-state index in [-0.39, 0.29) is 0 Å². The monoisotopic (exact) mass is 411 g/mol. The highest BCUT2D eigenvalue weighted by Gasteiger charge is 2.10. The summed E-state index contributed by atoms with van der Waals surface area (Å²) in [6, 6.07) is 12.2. The second kappa shape index (κ2) is 8.27. The zero-order valence-electron chi connectivity index (χ0n) is 15.1. The van der Waals surface area contributed by atoms with E-state index in [0.29, 0.717) is 12.0 Å². The van der Waals surface area contributed by atoms with Gasteiger partial charge in [0.05, 0.1) is 5.69 Å². The minimum absolute atomic E-state index is 0.295. The quantitative estimate of drug-likeness (QED) is 0.555. The summed E-state index contributed by atoms with van der Waals surface area (Å²) < 4.78 is 1.06. The highest BCUT2D eigenvalue weighted by atomic mass is 79.9. The van der Waals surface area contributed by atoms with Gasteiger partial charge < -0.3 is 10.6 Å². The number of halogens is 1. The van der Waals surface area contributed by atoms with Crippen LogP contribution in [-0.4, -0.2) is 21.0 Å². The van der Waals surface area contributed by atoms with E-state index >= 15 is 0 Å². The van der Waals surface area contributed by atoms with Crippen LogP contribution in [-0.2, 0) is 0 Å². The lowest BCUT2D eigenvalue weighted by Crippen LogP contribution is -2.16. The Kier molecular flexibility index (Phi) is 5.83. The van der Waals surface area contributed by atoms with Crippen molar-refractivity contribution in [2.75, 3.05) is 10.6 Å². The summed E-state index contributed by atoms with van der Waals surface area (Å²) in [5.41, 5.74) is 3.99. The number of nitrogens with one attached hydrogen (secondary N) is 2. The Morgan fingerprint density at radius 3 is 2.62 bits per heavy atom. The topological polar surface area (TPSA) is 62.7 Å². The lowest BCUT2D eigenvalue weighted by molar-refractivity contribution is 0.753. The van der Waals surface area contributed by atoms with Gasteiger partial charge in [-0.25, -0.2) is 4.98 Å². The molecule has 0 unspecified atom stereocenters. The van der Waals surface area contributed by atoms with Crippen LogP contribution in [0.5, 0.6) is 0 Å². The number of hydrogen-bond acceptors (Lipinski definition) is 5. The molecule has 0 bridgehead atoms. The molecule has 2 aromatic heterocycles. The summed E-state index contributed by atoms with van der Waals surface area (Å²) >= 11 is 3.58. The van der Waals surface area contributed by atoms with Crippen molar-refractivity contribution in [3.05, 3.63) is 58.8 Å². The van der Waals surface area contributed by atoms with Gasteiger partial charge in [0, 0.05) is 40.2 Å². The lowest BCUT2D eigenvalue weighted by atomic mass is 10.2. The van der Waals surface area contributed by atoms with Gasteiger partial charge in [0.15, 0.2) is 0 Å².